The lowest BCUT2D eigenvalue weighted by Gasteiger charge is -2.33. The second-order valence-corrected chi connectivity index (χ2v) is 7.89. The molecule has 5 heteroatoms. The van der Waals surface area contributed by atoms with Crippen LogP contribution in [0.1, 0.15) is 57.6 Å². The highest BCUT2D eigenvalue weighted by Gasteiger charge is 2.26. The molecule has 1 saturated heterocycles. The Morgan fingerprint density at radius 2 is 2.12 bits per heavy atom. The molecule has 1 aliphatic carbocycles. The van der Waals surface area contributed by atoms with Crippen molar-refractivity contribution < 1.29 is 9.21 Å². The smallest absolute Gasteiger partial charge is 0.261 e. The van der Waals surface area contributed by atoms with Crippen LogP contribution in [0.4, 0.5) is 0 Å². The van der Waals surface area contributed by atoms with E-state index in [-0.39, 0.29) is 11.9 Å². The van der Waals surface area contributed by atoms with Crippen LogP contribution in [0.3, 0.4) is 0 Å². The first-order valence-corrected chi connectivity index (χ1v) is 9.80. The van der Waals surface area contributed by atoms with Crippen LogP contribution >= 0.6 is 11.3 Å². The second-order valence-electron chi connectivity index (χ2n) is 6.75. The predicted molar refractivity (Wildman–Crippen MR) is 95.6 cm³/mol. The van der Waals surface area contributed by atoms with Crippen LogP contribution in [0, 0.1) is 0 Å². The molecule has 1 atom stereocenters. The number of aryl methyl sites for hydroxylation is 2. The second kappa shape index (κ2) is 7.11. The molecule has 3 heterocycles. The summed E-state index contributed by atoms with van der Waals surface area (Å²) in [5.74, 6) is 1.01. The normalized spacial score (nSPS) is 19.2. The lowest BCUT2D eigenvalue weighted by molar-refractivity contribution is 0.0918. The highest BCUT2D eigenvalue weighted by Crippen LogP contribution is 2.31. The SMILES string of the molecule is O=C(NC[C@@H](c1ccco1)N1CCCCC1)c1cc2c(s1)CCC2. The van der Waals surface area contributed by atoms with E-state index in [0.29, 0.717) is 6.54 Å². The Bertz CT molecular complexity index is 665. The van der Waals surface area contributed by atoms with Crippen molar-refractivity contribution in [2.45, 2.75) is 44.6 Å². The first kappa shape index (κ1) is 15.9. The van der Waals surface area contributed by atoms with Crippen LogP contribution in [-0.4, -0.2) is 30.4 Å². The third-order valence-electron chi connectivity index (χ3n) is 5.13. The average Bonchev–Trinajstić information content (AvgIpc) is 3.33. The van der Waals surface area contributed by atoms with E-state index in [0.717, 1.165) is 36.6 Å². The molecule has 1 fully saturated rings. The number of nitrogens with zero attached hydrogens (tertiary/aromatic N) is 1. The maximum Gasteiger partial charge on any atom is 0.261 e. The lowest BCUT2D eigenvalue weighted by Crippen LogP contribution is -2.40. The number of amides is 1. The molecule has 0 bridgehead atoms. The summed E-state index contributed by atoms with van der Waals surface area (Å²) in [6.07, 6.45) is 8.97. The highest BCUT2D eigenvalue weighted by atomic mass is 32.1. The fraction of sp³-hybridized carbons (Fsp3) is 0.526. The molecule has 2 aromatic rings. The molecule has 0 spiro atoms. The van der Waals surface area contributed by atoms with Gasteiger partial charge in [-0.05, 0) is 69.0 Å². The molecule has 0 radical (unpaired) electrons. The van der Waals surface area contributed by atoms with Crippen molar-refractivity contribution >= 4 is 17.2 Å². The number of hydrogen-bond acceptors (Lipinski definition) is 4. The fourth-order valence-corrected chi connectivity index (χ4v) is 5.01. The van der Waals surface area contributed by atoms with Gasteiger partial charge in [0.2, 0.25) is 0 Å². The van der Waals surface area contributed by atoms with Gasteiger partial charge in [-0.2, -0.15) is 0 Å². The van der Waals surface area contributed by atoms with E-state index in [2.05, 4.69) is 16.3 Å². The number of nitrogens with one attached hydrogen (secondary N) is 1. The van der Waals surface area contributed by atoms with Crippen LogP contribution in [0.15, 0.2) is 28.9 Å². The van der Waals surface area contributed by atoms with E-state index in [1.165, 1.54) is 36.1 Å². The summed E-state index contributed by atoms with van der Waals surface area (Å²) in [5, 5.41) is 3.14. The van der Waals surface area contributed by atoms with Crippen LogP contribution in [0.5, 0.6) is 0 Å². The fourth-order valence-electron chi connectivity index (χ4n) is 3.84. The van der Waals surface area contributed by atoms with Crippen LogP contribution in [-0.2, 0) is 12.8 Å². The van der Waals surface area contributed by atoms with Gasteiger partial charge in [-0.3, -0.25) is 9.69 Å². The Morgan fingerprint density at radius 1 is 1.25 bits per heavy atom. The number of rotatable bonds is 5. The summed E-state index contributed by atoms with van der Waals surface area (Å²) >= 11 is 1.67. The van der Waals surface area contributed by atoms with Gasteiger partial charge in [0.25, 0.3) is 5.91 Å². The van der Waals surface area contributed by atoms with Gasteiger partial charge in [0.05, 0.1) is 17.2 Å². The number of fused-ring (bicyclic) bond motifs is 1. The molecule has 0 saturated carbocycles. The van der Waals surface area contributed by atoms with Crippen molar-refractivity contribution in [1.29, 1.82) is 0 Å². The van der Waals surface area contributed by atoms with Gasteiger partial charge in [0, 0.05) is 11.4 Å². The van der Waals surface area contributed by atoms with E-state index < -0.39 is 0 Å². The molecular weight excluding hydrogens is 320 g/mol. The first-order chi connectivity index (χ1) is 11.8. The minimum absolute atomic E-state index is 0.0583. The Kier molecular flexibility index (Phi) is 4.72. The van der Waals surface area contributed by atoms with E-state index >= 15 is 0 Å². The minimum atomic E-state index is 0.0583. The summed E-state index contributed by atoms with van der Waals surface area (Å²) in [7, 11) is 0. The molecule has 1 N–H and O–H groups in total. The van der Waals surface area contributed by atoms with Gasteiger partial charge in [-0.15, -0.1) is 11.3 Å². The van der Waals surface area contributed by atoms with Gasteiger partial charge in [0.15, 0.2) is 0 Å². The monoisotopic (exact) mass is 344 g/mol. The molecule has 2 aromatic heterocycles. The van der Waals surface area contributed by atoms with E-state index in [4.69, 9.17) is 4.42 Å². The van der Waals surface area contributed by atoms with Crippen molar-refractivity contribution in [3.8, 4) is 0 Å². The number of hydrogen-bond donors (Lipinski definition) is 1. The number of carbonyl (C=O) groups excluding carboxylic acids is 1. The maximum atomic E-state index is 12.6. The number of carbonyl (C=O) groups is 1. The Labute approximate surface area is 146 Å². The zero-order valence-corrected chi connectivity index (χ0v) is 14.7. The zero-order chi connectivity index (χ0) is 16.4. The Balaban J connectivity index is 1.43. The third-order valence-corrected chi connectivity index (χ3v) is 6.37. The molecule has 0 unspecified atom stereocenters. The summed E-state index contributed by atoms with van der Waals surface area (Å²) in [6, 6.07) is 6.17. The van der Waals surface area contributed by atoms with Gasteiger partial charge in [-0.1, -0.05) is 6.42 Å². The van der Waals surface area contributed by atoms with Crippen molar-refractivity contribution in [2.24, 2.45) is 0 Å². The van der Waals surface area contributed by atoms with Gasteiger partial charge < -0.3 is 9.73 Å². The van der Waals surface area contributed by atoms with Gasteiger partial charge in [-0.25, -0.2) is 0 Å². The van der Waals surface area contributed by atoms with Crippen molar-refractivity contribution in [2.75, 3.05) is 19.6 Å². The minimum Gasteiger partial charge on any atom is -0.468 e. The number of thiophene rings is 1. The molecule has 2 aliphatic rings. The molecule has 24 heavy (non-hydrogen) atoms. The van der Waals surface area contributed by atoms with Crippen LogP contribution < -0.4 is 5.32 Å². The summed E-state index contributed by atoms with van der Waals surface area (Å²) in [6.45, 7) is 2.76. The summed E-state index contributed by atoms with van der Waals surface area (Å²) < 4.78 is 5.65. The van der Waals surface area contributed by atoms with Gasteiger partial charge in [0.1, 0.15) is 5.76 Å². The number of likely N-dealkylation sites (tertiary alicyclic amines) is 1. The molecule has 1 amide bonds. The first-order valence-electron chi connectivity index (χ1n) is 8.98. The topological polar surface area (TPSA) is 45.5 Å². The quantitative estimate of drug-likeness (QED) is 0.898. The largest absolute Gasteiger partial charge is 0.468 e. The van der Waals surface area contributed by atoms with Crippen molar-refractivity contribution in [3.63, 3.8) is 0 Å². The summed E-state index contributed by atoms with van der Waals surface area (Å²) in [4.78, 5) is 17.3. The summed E-state index contributed by atoms with van der Waals surface area (Å²) in [5.41, 5.74) is 1.38. The standard InChI is InChI=1S/C19H24N2O2S/c22-19(18-12-14-6-4-8-17(14)24-18)20-13-15(16-7-5-11-23-16)21-9-2-1-3-10-21/h5,7,11-12,15H,1-4,6,8-10,13H2,(H,20,22)/t15-/m0/s1. The molecule has 1 aliphatic heterocycles. The number of furan rings is 1. The average molecular weight is 344 g/mol. The molecular formula is C19H24N2O2S. The zero-order valence-electron chi connectivity index (χ0n) is 13.9. The van der Waals surface area contributed by atoms with Crippen LogP contribution in [0.2, 0.25) is 0 Å². The molecule has 4 nitrogen and oxygen atoms in total. The van der Waals surface area contributed by atoms with E-state index in [1.54, 1.807) is 17.6 Å². The molecule has 4 rings (SSSR count). The van der Waals surface area contributed by atoms with E-state index in [1.807, 2.05) is 12.1 Å². The highest BCUT2D eigenvalue weighted by molar-refractivity contribution is 7.14. The Morgan fingerprint density at radius 3 is 2.88 bits per heavy atom. The predicted octanol–water partition coefficient (Wildman–Crippen LogP) is 3.79. The van der Waals surface area contributed by atoms with Crippen LogP contribution in [0.25, 0.3) is 0 Å². The number of piperidine rings is 1. The van der Waals surface area contributed by atoms with Crippen molar-refractivity contribution in [1.82, 2.24) is 10.2 Å². The lowest BCUT2D eigenvalue weighted by atomic mass is 10.1. The van der Waals surface area contributed by atoms with Crippen molar-refractivity contribution in [3.05, 3.63) is 45.5 Å². The Hall–Kier alpha value is -1.59. The van der Waals surface area contributed by atoms with Gasteiger partial charge >= 0.3 is 0 Å². The molecule has 128 valence electrons. The maximum absolute atomic E-state index is 12.6. The molecule has 0 aromatic carbocycles. The third kappa shape index (κ3) is 3.28. The van der Waals surface area contributed by atoms with E-state index in [9.17, 15) is 4.79 Å².